The number of benzene rings is 1. The molecule has 0 aliphatic carbocycles. The molecule has 0 unspecified atom stereocenters. The minimum atomic E-state index is -0.600. The first-order valence-electron chi connectivity index (χ1n) is 9.39. The summed E-state index contributed by atoms with van der Waals surface area (Å²) < 4.78 is 3.49. The summed E-state index contributed by atoms with van der Waals surface area (Å²) in [6.45, 7) is 0.145. The smallest absolute Gasteiger partial charge is 0.349 e. The Kier molecular flexibility index (Phi) is 4.47. The van der Waals surface area contributed by atoms with Crippen molar-refractivity contribution < 1.29 is 4.79 Å². The molecule has 0 saturated heterocycles. The second kappa shape index (κ2) is 7.20. The van der Waals surface area contributed by atoms with E-state index in [0.717, 1.165) is 15.7 Å². The summed E-state index contributed by atoms with van der Waals surface area (Å²) in [5.41, 5.74) is 7.80. The minimum absolute atomic E-state index is 0.0943. The third-order valence-electron chi connectivity index (χ3n) is 5.17. The van der Waals surface area contributed by atoms with Crippen molar-refractivity contribution in [1.29, 1.82) is 0 Å². The van der Waals surface area contributed by atoms with E-state index in [1.807, 2.05) is 24.3 Å². The van der Waals surface area contributed by atoms with Crippen LogP contribution in [0.1, 0.15) is 11.3 Å². The van der Waals surface area contributed by atoms with Crippen molar-refractivity contribution in [3.63, 3.8) is 0 Å². The van der Waals surface area contributed by atoms with Crippen LogP contribution in [-0.4, -0.2) is 35.0 Å². The van der Waals surface area contributed by atoms with Gasteiger partial charge in [0.2, 0.25) is 5.91 Å². The molecule has 4 aromatic rings. The highest BCUT2D eigenvalue weighted by atomic mass is 79.9. The maximum absolute atomic E-state index is 13.0. The first-order chi connectivity index (χ1) is 14.9. The van der Waals surface area contributed by atoms with Gasteiger partial charge in [-0.2, -0.15) is 4.98 Å². The number of hydrogen-bond acceptors (Lipinski definition) is 6. The van der Waals surface area contributed by atoms with E-state index >= 15 is 0 Å². The summed E-state index contributed by atoms with van der Waals surface area (Å²) in [5.74, 6) is -0.216. The van der Waals surface area contributed by atoms with Crippen LogP contribution in [0.25, 0.3) is 16.9 Å². The second-order valence-electron chi connectivity index (χ2n) is 7.23. The van der Waals surface area contributed by atoms with Crippen LogP contribution < -0.4 is 17.0 Å². The van der Waals surface area contributed by atoms with Gasteiger partial charge in [-0.3, -0.25) is 19.3 Å². The number of halogens is 1. The topological polar surface area (TPSA) is 131 Å². The van der Waals surface area contributed by atoms with Gasteiger partial charge in [0.25, 0.3) is 5.56 Å². The number of aromatic amines is 1. The number of amides is 1. The van der Waals surface area contributed by atoms with Crippen LogP contribution in [0.5, 0.6) is 0 Å². The summed E-state index contributed by atoms with van der Waals surface area (Å²) in [7, 11) is 0. The number of aromatic nitrogens is 5. The highest BCUT2D eigenvalue weighted by Gasteiger charge is 2.28. The molecule has 1 aliphatic rings. The molecule has 0 radical (unpaired) electrons. The molecule has 31 heavy (non-hydrogen) atoms. The SMILES string of the molecule is Nc1ccn(CC(=O)N2Cc3nc4cc(-c5cccc(Br)c5)[nH]n4c(=O)c3C2)c(=O)n1. The maximum Gasteiger partial charge on any atom is 0.349 e. The molecule has 3 aromatic heterocycles. The van der Waals surface area contributed by atoms with Crippen molar-refractivity contribution in [3.05, 3.63) is 79.2 Å². The van der Waals surface area contributed by atoms with Crippen LogP contribution >= 0.6 is 15.9 Å². The molecule has 0 bridgehead atoms. The second-order valence-corrected chi connectivity index (χ2v) is 8.14. The van der Waals surface area contributed by atoms with Crippen LogP contribution in [0.4, 0.5) is 5.82 Å². The first-order valence-corrected chi connectivity index (χ1v) is 10.2. The Morgan fingerprint density at radius 1 is 1.16 bits per heavy atom. The number of rotatable bonds is 3. The standard InChI is InChI=1S/C20H16BrN7O3/c21-12-3-1-2-11(6-12)14-7-17-23-15-9-27(8-13(15)19(30)28(17)25-14)18(29)10-26-5-4-16(22)24-20(26)31/h1-7,25H,8-10H2,(H2,22,24,31). The van der Waals surface area contributed by atoms with Gasteiger partial charge < -0.3 is 10.6 Å². The van der Waals surface area contributed by atoms with Crippen molar-refractivity contribution in [3.8, 4) is 11.3 Å². The van der Waals surface area contributed by atoms with Gasteiger partial charge in [0.15, 0.2) is 5.65 Å². The molecular weight excluding hydrogens is 466 g/mol. The highest BCUT2D eigenvalue weighted by Crippen LogP contribution is 2.24. The molecule has 4 heterocycles. The van der Waals surface area contributed by atoms with Gasteiger partial charge in [0.05, 0.1) is 30.0 Å². The molecule has 1 aromatic carbocycles. The zero-order chi connectivity index (χ0) is 21.7. The van der Waals surface area contributed by atoms with E-state index in [1.54, 1.807) is 6.07 Å². The average molecular weight is 482 g/mol. The molecule has 0 atom stereocenters. The molecule has 0 spiro atoms. The van der Waals surface area contributed by atoms with Crippen LogP contribution in [0, 0.1) is 0 Å². The van der Waals surface area contributed by atoms with Crippen LogP contribution in [0.2, 0.25) is 0 Å². The quantitative estimate of drug-likeness (QED) is 0.450. The molecule has 156 valence electrons. The Hall–Kier alpha value is -3.73. The molecule has 0 fully saturated rings. The van der Waals surface area contributed by atoms with Crippen molar-refractivity contribution in [2.45, 2.75) is 19.6 Å². The largest absolute Gasteiger partial charge is 0.383 e. The highest BCUT2D eigenvalue weighted by molar-refractivity contribution is 9.10. The number of nitrogens with one attached hydrogen (secondary N) is 1. The summed E-state index contributed by atoms with van der Waals surface area (Å²) in [6.07, 6.45) is 1.42. The van der Waals surface area contributed by atoms with Gasteiger partial charge in [-0.25, -0.2) is 14.3 Å². The Bertz CT molecular complexity index is 1470. The van der Waals surface area contributed by atoms with E-state index in [0.29, 0.717) is 16.9 Å². The van der Waals surface area contributed by atoms with Crippen LogP contribution in [0.15, 0.2) is 56.7 Å². The van der Waals surface area contributed by atoms with Crippen molar-refractivity contribution in [2.24, 2.45) is 0 Å². The third-order valence-corrected chi connectivity index (χ3v) is 5.67. The Morgan fingerprint density at radius 2 is 2.00 bits per heavy atom. The van der Waals surface area contributed by atoms with E-state index < -0.39 is 5.69 Å². The van der Waals surface area contributed by atoms with Crippen molar-refractivity contribution in [2.75, 3.05) is 5.73 Å². The number of hydrogen-bond donors (Lipinski definition) is 2. The number of carbonyl (C=O) groups excluding carboxylic acids is 1. The number of nitrogen functional groups attached to an aromatic ring is 1. The lowest BCUT2D eigenvalue weighted by Gasteiger charge is -2.15. The lowest BCUT2D eigenvalue weighted by atomic mass is 10.2. The summed E-state index contributed by atoms with van der Waals surface area (Å²) >= 11 is 3.45. The molecule has 1 aliphatic heterocycles. The number of nitrogens with zero attached hydrogens (tertiary/aromatic N) is 5. The molecule has 3 N–H and O–H groups in total. The van der Waals surface area contributed by atoms with E-state index in [1.165, 1.54) is 26.2 Å². The molecule has 0 saturated carbocycles. The van der Waals surface area contributed by atoms with Gasteiger partial charge in [-0.1, -0.05) is 28.1 Å². The van der Waals surface area contributed by atoms with Gasteiger partial charge in [-0.15, -0.1) is 0 Å². The van der Waals surface area contributed by atoms with Crippen molar-refractivity contribution in [1.82, 2.24) is 29.0 Å². The number of carbonyl (C=O) groups is 1. The van der Waals surface area contributed by atoms with E-state index in [-0.39, 0.29) is 36.9 Å². The molecule has 10 nitrogen and oxygen atoms in total. The lowest BCUT2D eigenvalue weighted by Crippen LogP contribution is -2.34. The number of nitrogens with two attached hydrogens (primary N) is 1. The molecule has 1 amide bonds. The molecule has 11 heteroatoms. The average Bonchev–Trinajstić information content (AvgIpc) is 3.35. The monoisotopic (exact) mass is 481 g/mol. The van der Waals surface area contributed by atoms with E-state index in [4.69, 9.17) is 5.73 Å². The number of H-pyrrole nitrogens is 1. The Labute approximate surface area is 183 Å². The summed E-state index contributed by atoms with van der Waals surface area (Å²) in [5, 5.41) is 3.09. The zero-order valence-electron chi connectivity index (χ0n) is 16.1. The Morgan fingerprint density at radius 3 is 2.77 bits per heavy atom. The fourth-order valence-electron chi connectivity index (χ4n) is 3.61. The Balaban J connectivity index is 1.43. The lowest BCUT2D eigenvalue weighted by molar-refractivity contribution is -0.132. The third kappa shape index (κ3) is 3.42. The van der Waals surface area contributed by atoms with Crippen LogP contribution in [-0.2, 0) is 24.4 Å². The normalized spacial score (nSPS) is 13.0. The number of anilines is 1. The minimum Gasteiger partial charge on any atom is -0.383 e. The molecular formula is C20H16BrN7O3. The van der Waals surface area contributed by atoms with Crippen molar-refractivity contribution >= 4 is 33.3 Å². The summed E-state index contributed by atoms with van der Waals surface area (Å²) in [6, 6.07) is 11.0. The zero-order valence-corrected chi connectivity index (χ0v) is 17.7. The van der Waals surface area contributed by atoms with E-state index in [2.05, 4.69) is 31.0 Å². The molecule has 5 rings (SSSR count). The predicted molar refractivity (Wildman–Crippen MR) is 116 cm³/mol. The van der Waals surface area contributed by atoms with Crippen LogP contribution in [0.3, 0.4) is 0 Å². The van der Waals surface area contributed by atoms with Gasteiger partial charge in [0.1, 0.15) is 12.4 Å². The number of fused-ring (bicyclic) bond motifs is 2. The van der Waals surface area contributed by atoms with Gasteiger partial charge in [-0.05, 0) is 18.2 Å². The van der Waals surface area contributed by atoms with Gasteiger partial charge >= 0.3 is 5.69 Å². The first kappa shape index (κ1) is 19.2. The van der Waals surface area contributed by atoms with Gasteiger partial charge in [0, 0.05) is 22.3 Å². The maximum atomic E-state index is 13.0. The fraction of sp³-hybridized carbons (Fsp3) is 0.150. The fourth-order valence-corrected chi connectivity index (χ4v) is 4.01. The van der Waals surface area contributed by atoms with E-state index in [9.17, 15) is 14.4 Å². The summed E-state index contributed by atoms with van der Waals surface area (Å²) in [4.78, 5) is 47.3. The predicted octanol–water partition coefficient (Wildman–Crippen LogP) is 1.13.